The fraction of sp³-hybridized carbons (Fsp3) is 0.600. The van der Waals surface area contributed by atoms with E-state index in [1.54, 1.807) is 12.1 Å². The molecule has 22 heavy (non-hydrogen) atoms. The van der Waals surface area contributed by atoms with E-state index >= 15 is 0 Å². The van der Waals surface area contributed by atoms with Crippen molar-refractivity contribution in [3.8, 4) is 0 Å². The van der Waals surface area contributed by atoms with Crippen molar-refractivity contribution in [3.05, 3.63) is 23.9 Å². The molecule has 2 aliphatic rings. The van der Waals surface area contributed by atoms with Gasteiger partial charge in [0, 0.05) is 13.1 Å². The van der Waals surface area contributed by atoms with Crippen LogP contribution in [0.2, 0.25) is 0 Å². The average Bonchev–Trinajstić information content (AvgIpc) is 2.51. The lowest BCUT2D eigenvalue weighted by Gasteiger charge is -2.44. The van der Waals surface area contributed by atoms with Crippen LogP contribution >= 0.6 is 0 Å². The molecule has 0 aromatic carbocycles. The molecule has 0 atom stereocenters. The predicted octanol–water partition coefficient (Wildman–Crippen LogP) is 1.72. The van der Waals surface area contributed by atoms with Crippen LogP contribution in [0.3, 0.4) is 0 Å². The molecule has 1 aliphatic carbocycles. The fourth-order valence-corrected chi connectivity index (χ4v) is 5.71. The molecule has 1 spiro atoms. The molecule has 1 aromatic rings. The Balaban J connectivity index is 1.90. The van der Waals surface area contributed by atoms with Gasteiger partial charge < -0.3 is 10.0 Å². The van der Waals surface area contributed by atoms with E-state index in [1.807, 2.05) is 4.90 Å². The SMILES string of the molecule is O=C(O)c1cccc(N2CCS(=O)(=O)C3(CCCCC3)C2)n1. The normalized spacial score (nSPS) is 23.4. The van der Waals surface area contributed by atoms with Crippen molar-refractivity contribution in [2.45, 2.75) is 36.9 Å². The number of rotatable bonds is 2. The van der Waals surface area contributed by atoms with E-state index in [1.165, 1.54) is 6.07 Å². The van der Waals surface area contributed by atoms with E-state index < -0.39 is 20.6 Å². The van der Waals surface area contributed by atoms with Crippen molar-refractivity contribution in [1.29, 1.82) is 0 Å². The molecule has 0 radical (unpaired) electrons. The summed E-state index contributed by atoms with van der Waals surface area (Å²) in [6, 6.07) is 4.85. The maximum Gasteiger partial charge on any atom is 0.354 e. The van der Waals surface area contributed by atoms with Crippen LogP contribution < -0.4 is 4.90 Å². The Morgan fingerprint density at radius 2 is 1.95 bits per heavy atom. The maximum absolute atomic E-state index is 12.6. The fourth-order valence-electron chi connectivity index (χ4n) is 3.55. The molecule has 2 heterocycles. The first-order chi connectivity index (χ1) is 10.4. The van der Waals surface area contributed by atoms with Gasteiger partial charge in [0.25, 0.3) is 0 Å². The Kier molecular flexibility index (Phi) is 3.84. The molecule has 0 unspecified atom stereocenters. The minimum atomic E-state index is -3.10. The smallest absolute Gasteiger partial charge is 0.354 e. The molecular weight excluding hydrogens is 304 g/mol. The first kappa shape index (κ1) is 15.3. The van der Waals surface area contributed by atoms with Crippen LogP contribution in [0.25, 0.3) is 0 Å². The van der Waals surface area contributed by atoms with Crippen molar-refractivity contribution in [2.24, 2.45) is 0 Å². The van der Waals surface area contributed by atoms with Gasteiger partial charge in [0.2, 0.25) is 0 Å². The Morgan fingerprint density at radius 1 is 1.23 bits per heavy atom. The number of carboxylic acids is 1. The number of carbonyl (C=O) groups is 1. The Labute approximate surface area is 130 Å². The summed E-state index contributed by atoms with van der Waals surface area (Å²) in [6.45, 7) is 0.797. The molecule has 0 amide bonds. The third kappa shape index (κ3) is 2.58. The van der Waals surface area contributed by atoms with Gasteiger partial charge >= 0.3 is 5.97 Å². The van der Waals surface area contributed by atoms with E-state index in [4.69, 9.17) is 5.11 Å². The molecule has 1 aliphatic heterocycles. The van der Waals surface area contributed by atoms with Crippen molar-refractivity contribution < 1.29 is 18.3 Å². The van der Waals surface area contributed by atoms with Gasteiger partial charge in [0.15, 0.2) is 15.5 Å². The quantitative estimate of drug-likeness (QED) is 0.891. The van der Waals surface area contributed by atoms with Crippen molar-refractivity contribution in [3.63, 3.8) is 0 Å². The highest BCUT2D eigenvalue weighted by molar-refractivity contribution is 7.92. The number of carboxylic acid groups (broad SMARTS) is 1. The molecule has 1 aromatic heterocycles. The second-order valence-corrected chi connectivity index (χ2v) is 8.67. The minimum Gasteiger partial charge on any atom is -0.477 e. The van der Waals surface area contributed by atoms with Crippen LogP contribution in [0.15, 0.2) is 18.2 Å². The number of nitrogens with zero attached hydrogens (tertiary/aromatic N) is 2. The highest BCUT2D eigenvalue weighted by Crippen LogP contribution is 2.39. The number of sulfone groups is 1. The van der Waals surface area contributed by atoms with Crippen LogP contribution in [0.5, 0.6) is 0 Å². The lowest BCUT2D eigenvalue weighted by molar-refractivity contribution is 0.0690. The molecular formula is C15H20N2O4S. The van der Waals surface area contributed by atoms with Gasteiger partial charge in [-0.1, -0.05) is 25.3 Å². The molecule has 3 rings (SSSR count). The first-order valence-corrected chi connectivity index (χ1v) is 9.26. The lowest BCUT2D eigenvalue weighted by atomic mass is 9.87. The van der Waals surface area contributed by atoms with Gasteiger partial charge in [-0.05, 0) is 25.0 Å². The zero-order chi connectivity index (χ0) is 15.8. The first-order valence-electron chi connectivity index (χ1n) is 7.61. The molecule has 1 N–H and O–H groups in total. The summed E-state index contributed by atoms with van der Waals surface area (Å²) in [7, 11) is -3.10. The number of aromatic nitrogens is 1. The van der Waals surface area contributed by atoms with E-state index in [0.29, 0.717) is 31.7 Å². The molecule has 0 bridgehead atoms. The van der Waals surface area contributed by atoms with Crippen molar-refractivity contribution in [2.75, 3.05) is 23.7 Å². The van der Waals surface area contributed by atoms with Gasteiger partial charge in [-0.2, -0.15) is 0 Å². The summed E-state index contributed by atoms with van der Waals surface area (Å²) in [4.78, 5) is 17.1. The summed E-state index contributed by atoms with van der Waals surface area (Å²) in [5.74, 6) is -0.398. The maximum atomic E-state index is 12.6. The zero-order valence-electron chi connectivity index (χ0n) is 12.4. The van der Waals surface area contributed by atoms with E-state index in [2.05, 4.69) is 4.98 Å². The van der Waals surface area contributed by atoms with Crippen molar-refractivity contribution in [1.82, 2.24) is 4.98 Å². The Hall–Kier alpha value is -1.63. The van der Waals surface area contributed by atoms with Gasteiger partial charge in [-0.15, -0.1) is 0 Å². The number of hydrogen-bond donors (Lipinski definition) is 1. The van der Waals surface area contributed by atoms with E-state index in [0.717, 1.165) is 19.3 Å². The number of aromatic carboxylic acids is 1. The van der Waals surface area contributed by atoms with E-state index in [-0.39, 0.29) is 11.4 Å². The number of hydrogen-bond acceptors (Lipinski definition) is 5. The van der Waals surface area contributed by atoms with Crippen LogP contribution in [0.4, 0.5) is 5.82 Å². The van der Waals surface area contributed by atoms with Gasteiger partial charge in [-0.3, -0.25) is 0 Å². The van der Waals surface area contributed by atoms with E-state index in [9.17, 15) is 13.2 Å². The summed E-state index contributed by atoms with van der Waals surface area (Å²) in [6.07, 6.45) is 4.37. The highest BCUT2D eigenvalue weighted by atomic mass is 32.2. The second kappa shape index (κ2) is 5.53. The largest absolute Gasteiger partial charge is 0.477 e. The predicted molar refractivity (Wildman–Crippen MR) is 83.0 cm³/mol. The topological polar surface area (TPSA) is 87.6 Å². The molecule has 2 fully saturated rings. The van der Waals surface area contributed by atoms with Gasteiger partial charge in [0.05, 0.1) is 10.5 Å². The molecule has 6 nitrogen and oxygen atoms in total. The van der Waals surface area contributed by atoms with Gasteiger partial charge in [0.1, 0.15) is 5.82 Å². The van der Waals surface area contributed by atoms with Crippen LogP contribution in [0.1, 0.15) is 42.6 Å². The molecule has 7 heteroatoms. The Morgan fingerprint density at radius 3 is 2.64 bits per heavy atom. The van der Waals surface area contributed by atoms with Crippen molar-refractivity contribution >= 4 is 21.6 Å². The standard InChI is InChI=1S/C15H20N2O4S/c18-14(19)12-5-4-6-13(16-12)17-9-10-22(20,21)15(11-17)7-2-1-3-8-15/h4-6H,1-3,7-11H2,(H,18,19). The summed E-state index contributed by atoms with van der Waals surface area (Å²) in [5.41, 5.74) is -0.0105. The molecule has 120 valence electrons. The third-order valence-electron chi connectivity index (χ3n) is 4.81. The lowest BCUT2D eigenvalue weighted by Crippen LogP contribution is -2.57. The third-order valence-corrected chi connectivity index (χ3v) is 7.39. The van der Waals surface area contributed by atoms with Crippen LogP contribution in [-0.2, 0) is 9.84 Å². The summed E-state index contributed by atoms with van der Waals surface area (Å²) >= 11 is 0. The molecule has 1 saturated heterocycles. The second-order valence-electron chi connectivity index (χ2n) is 6.17. The molecule has 1 saturated carbocycles. The Bertz CT molecular complexity index is 681. The average molecular weight is 324 g/mol. The highest BCUT2D eigenvalue weighted by Gasteiger charge is 2.48. The number of pyridine rings is 1. The van der Waals surface area contributed by atoms with Crippen LogP contribution in [0, 0.1) is 0 Å². The number of anilines is 1. The summed E-state index contributed by atoms with van der Waals surface area (Å²) < 4.78 is 24.5. The van der Waals surface area contributed by atoms with Gasteiger partial charge in [-0.25, -0.2) is 18.2 Å². The zero-order valence-corrected chi connectivity index (χ0v) is 13.2. The monoisotopic (exact) mass is 324 g/mol. The summed E-state index contributed by atoms with van der Waals surface area (Å²) in [5, 5.41) is 9.06. The minimum absolute atomic E-state index is 0.0105. The van der Waals surface area contributed by atoms with Crippen LogP contribution in [-0.4, -0.2) is 48.1 Å².